The van der Waals surface area contributed by atoms with Crippen molar-refractivity contribution in [1.82, 2.24) is 9.97 Å². The molecule has 0 atom stereocenters. The smallest absolute Gasteiger partial charge is 0.193 e. The van der Waals surface area contributed by atoms with Gasteiger partial charge in [-0.25, -0.2) is 9.97 Å². The first-order valence-corrected chi connectivity index (χ1v) is 5.29. The first-order chi connectivity index (χ1) is 7.78. The molecular weight excluding hydrogens is 222 g/mol. The van der Waals surface area contributed by atoms with Crippen LogP contribution in [0.1, 0.15) is 5.69 Å². The Balaban J connectivity index is 2.24. The molecule has 2 rings (SSSR count). The van der Waals surface area contributed by atoms with E-state index in [1.165, 1.54) is 18.0 Å². The van der Waals surface area contributed by atoms with Gasteiger partial charge < -0.3 is 5.11 Å². The van der Waals surface area contributed by atoms with Crippen molar-refractivity contribution in [3.8, 4) is 11.8 Å². The molecule has 0 aliphatic carbocycles. The highest BCUT2D eigenvalue weighted by molar-refractivity contribution is 7.99. The molecule has 4 nitrogen and oxygen atoms in total. The fourth-order valence-electron chi connectivity index (χ4n) is 1.10. The monoisotopic (exact) mass is 229 g/mol. The maximum Gasteiger partial charge on any atom is 0.193 e. The van der Waals surface area contributed by atoms with E-state index >= 15 is 0 Å². The Kier molecular flexibility index (Phi) is 3.03. The van der Waals surface area contributed by atoms with Crippen LogP contribution < -0.4 is 0 Å². The standard InChI is InChI=1S/C11H7N3OS/c12-7-8-4-5-13-11(14-8)16-10-3-1-2-9(15)6-10/h1-6,15H. The molecule has 0 radical (unpaired) electrons. The van der Waals surface area contributed by atoms with E-state index in [2.05, 4.69) is 9.97 Å². The van der Waals surface area contributed by atoms with Crippen LogP contribution in [0.15, 0.2) is 46.6 Å². The first-order valence-electron chi connectivity index (χ1n) is 4.48. The van der Waals surface area contributed by atoms with Crippen LogP contribution in [0.25, 0.3) is 0 Å². The zero-order valence-electron chi connectivity index (χ0n) is 8.16. The summed E-state index contributed by atoms with van der Waals surface area (Å²) in [5.41, 5.74) is 0.331. The molecule has 0 saturated heterocycles. The Morgan fingerprint density at radius 2 is 2.19 bits per heavy atom. The topological polar surface area (TPSA) is 69.8 Å². The summed E-state index contributed by atoms with van der Waals surface area (Å²) >= 11 is 1.30. The van der Waals surface area contributed by atoms with Gasteiger partial charge in [0.25, 0.3) is 0 Å². The maximum atomic E-state index is 9.29. The lowest BCUT2D eigenvalue weighted by Crippen LogP contribution is -1.88. The number of benzene rings is 1. The minimum absolute atomic E-state index is 0.196. The summed E-state index contributed by atoms with van der Waals surface area (Å²) in [6.07, 6.45) is 1.54. The van der Waals surface area contributed by atoms with Crippen LogP contribution in [0.2, 0.25) is 0 Å². The van der Waals surface area contributed by atoms with E-state index in [0.29, 0.717) is 10.9 Å². The van der Waals surface area contributed by atoms with Crippen LogP contribution in [0.4, 0.5) is 0 Å². The van der Waals surface area contributed by atoms with E-state index in [1.54, 1.807) is 24.3 Å². The van der Waals surface area contributed by atoms with E-state index < -0.39 is 0 Å². The molecule has 1 aromatic heterocycles. The second-order valence-corrected chi connectivity index (χ2v) is 3.98. The van der Waals surface area contributed by atoms with Crippen LogP contribution in [0.3, 0.4) is 0 Å². The number of aromatic nitrogens is 2. The predicted octanol–water partition coefficient (Wildman–Crippen LogP) is 2.21. The Bertz CT molecular complexity index is 551. The molecule has 0 aliphatic rings. The van der Waals surface area contributed by atoms with Gasteiger partial charge in [0.15, 0.2) is 5.16 Å². The average molecular weight is 229 g/mol. The van der Waals surface area contributed by atoms with Crippen molar-refractivity contribution in [2.24, 2.45) is 0 Å². The third-order valence-corrected chi connectivity index (χ3v) is 2.64. The van der Waals surface area contributed by atoms with Crippen molar-refractivity contribution in [1.29, 1.82) is 5.26 Å². The van der Waals surface area contributed by atoms with Crippen molar-refractivity contribution in [2.75, 3.05) is 0 Å². The van der Waals surface area contributed by atoms with Gasteiger partial charge in [-0.15, -0.1) is 0 Å². The summed E-state index contributed by atoms with van der Waals surface area (Å²) in [6.45, 7) is 0. The molecule has 78 valence electrons. The molecule has 0 aliphatic heterocycles. The maximum absolute atomic E-state index is 9.29. The molecule has 2 aromatic rings. The first kappa shape index (κ1) is 10.5. The van der Waals surface area contributed by atoms with E-state index in [9.17, 15) is 5.11 Å². The van der Waals surface area contributed by atoms with Gasteiger partial charge in [0.1, 0.15) is 17.5 Å². The number of phenolic OH excluding ortho intramolecular Hbond substituents is 1. The van der Waals surface area contributed by atoms with Gasteiger partial charge in [-0.3, -0.25) is 0 Å². The van der Waals surface area contributed by atoms with Crippen molar-refractivity contribution >= 4 is 11.8 Å². The Morgan fingerprint density at radius 3 is 2.94 bits per heavy atom. The summed E-state index contributed by atoms with van der Waals surface area (Å²) < 4.78 is 0. The summed E-state index contributed by atoms with van der Waals surface area (Å²) in [7, 11) is 0. The predicted molar refractivity (Wildman–Crippen MR) is 59.0 cm³/mol. The highest BCUT2D eigenvalue weighted by Crippen LogP contribution is 2.26. The molecule has 1 N–H and O–H groups in total. The molecule has 0 fully saturated rings. The van der Waals surface area contributed by atoms with Gasteiger partial charge in [0, 0.05) is 11.1 Å². The fraction of sp³-hybridized carbons (Fsp3) is 0. The van der Waals surface area contributed by atoms with E-state index in [-0.39, 0.29) is 5.75 Å². The zero-order valence-corrected chi connectivity index (χ0v) is 8.98. The van der Waals surface area contributed by atoms with Gasteiger partial charge in [-0.1, -0.05) is 6.07 Å². The van der Waals surface area contributed by atoms with Gasteiger partial charge in [0.05, 0.1) is 0 Å². The van der Waals surface area contributed by atoms with Crippen LogP contribution in [0, 0.1) is 11.3 Å². The average Bonchev–Trinajstić information content (AvgIpc) is 2.29. The van der Waals surface area contributed by atoms with E-state index in [4.69, 9.17) is 5.26 Å². The number of phenols is 1. The van der Waals surface area contributed by atoms with Crippen LogP contribution in [-0.2, 0) is 0 Å². The second kappa shape index (κ2) is 4.64. The number of aromatic hydroxyl groups is 1. The van der Waals surface area contributed by atoms with Crippen LogP contribution in [-0.4, -0.2) is 15.1 Å². The van der Waals surface area contributed by atoms with Crippen LogP contribution in [0.5, 0.6) is 5.75 Å². The second-order valence-electron chi connectivity index (χ2n) is 2.94. The molecule has 0 unspecified atom stereocenters. The fourth-order valence-corrected chi connectivity index (χ4v) is 1.90. The Morgan fingerprint density at radius 1 is 1.31 bits per heavy atom. The minimum atomic E-state index is 0.196. The van der Waals surface area contributed by atoms with Crippen molar-refractivity contribution in [3.63, 3.8) is 0 Å². The van der Waals surface area contributed by atoms with Gasteiger partial charge >= 0.3 is 0 Å². The molecular formula is C11H7N3OS. The molecule has 1 heterocycles. The third-order valence-electron chi connectivity index (χ3n) is 1.77. The number of rotatable bonds is 2. The number of nitrogens with zero attached hydrogens (tertiary/aromatic N) is 3. The SMILES string of the molecule is N#Cc1ccnc(Sc2cccc(O)c2)n1. The van der Waals surface area contributed by atoms with Gasteiger partial charge in [-0.05, 0) is 36.0 Å². The number of hydrogen-bond donors (Lipinski definition) is 1. The summed E-state index contributed by atoms with van der Waals surface area (Å²) in [4.78, 5) is 8.89. The molecule has 0 bridgehead atoms. The van der Waals surface area contributed by atoms with Crippen LogP contribution >= 0.6 is 11.8 Å². The van der Waals surface area contributed by atoms with E-state index in [1.807, 2.05) is 12.1 Å². The molecule has 0 spiro atoms. The van der Waals surface area contributed by atoms with E-state index in [0.717, 1.165) is 4.90 Å². The molecule has 0 amide bonds. The molecule has 1 aromatic carbocycles. The highest BCUT2D eigenvalue weighted by atomic mass is 32.2. The number of hydrogen-bond acceptors (Lipinski definition) is 5. The largest absolute Gasteiger partial charge is 0.508 e. The summed E-state index contributed by atoms with van der Waals surface area (Å²) in [5.74, 6) is 0.196. The highest BCUT2D eigenvalue weighted by Gasteiger charge is 2.02. The normalized spacial score (nSPS) is 9.69. The van der Waals surface area contributed by atoms with Crippen molar-refractivity contribution in [3.05, 3.63) is 42.2 Å². The van der Waals surface area contributed by atoms with Crippen molar-refractivity contribution in [2.45, 2.75) is 10.1 Å². The lowest BCUT2D eigenvalue weighted by atomic mass is 10.3. The number of nitriles is 1. The Labute approximate surface area is 96.6 Å². The quantitative estimate of drug-likeness (QED) is 0.799. The van der Waals surface area contributed by atoms with Gasteiger partial charge in [0.2, 0.25) is 0 Å². The van der Waals surface area contributed by atoms with Gasteiger partial charge in [-0.2, -0.15) is 5.26 Å². The lowest BCUT2D eigenvalue weighted by molar-refractivity contribution is 0.474. The summed E-state index contributed by atoms with van der Waals surface area (Å²) in [6, 6.07) is 10.3. The van der Waals surface area contributed by atoms with Crippen molar-refractivity contribution < 1.29 is 5.11 Å². The molecule has 5 heteroatoms. The molecule has 0 saturated carbocycles. The Hall–Kier alpha value is -2.06. The third kappa shape index (κ3) is 2.49. The zero-order chi connectivity index (χ0) is 11.4. The summed E-state index contributed by atoms with van der Waals surface area (Å²) in [5, 5.41) is 18.5. The lowest BCUT2D eigenvalue weighted by Gasteiger charge is -2.00. The molecule has 16 heavy (non-hydrogen) atoms. The minimum Gasteiger partial charge on any atom is -0.508 e.